The maximum atomic E-state index is 12.4. The summed E-state index contributed by atoms with van der Waals surface area (Å²) < 4.78 is 10.8. The molecular weight excluding hydrogens is 409 g/mol. The van der Waals surface area contributed by atoms with E-state index in [1.807, 2.05) is 0 Å². The van der Waals surface area contributed by atoms with Gasteiger partial charge in [0.1, 0.15) is 0 Å². The number of methoxy groups -OCH3 is 1. The van der Waals surface area contributed by atoms with Gasteiger partial charge in [0.2, 0.25) is 0 Å². The molecule has 0 saturated carbocycles. The largest absolute Gasteiger partial charge is 0.493 e. The fraction of sp³-hybridized carbons (Fsp3) is 0.0435. The molecule has 0 aliphatic rings. The third kappa shape index (κ3) is 5.17. The Morgan fingerprint density at radius 2 is 1.69 bits per heavy atom. The van der Waals surface area contributed by atoms with Crippen LogP contribution in [0.5, 0.6) is 11.5 Å². The van der Waals surface area contributed by atoms with Crippen molar-refractivity contribution < 1.29 is 14.3 Å². The Hall–Kier alpha value is -3.26. The van der Waals surface area contributed by atoms with Crippen LogP contribution in [0.2, 0.25) is 10.0 Å². The van der Waals surface area contributed by atoms with Gasteiger partial charge in [-0.05, 0) is 59.7 Å². The van der Waals surface area contributed by atoms with Crippen molar-refractivity contribution in [1.82, 2.24) is 0 Å². The molecule has 3 rings (SSSR count). The van der Waals surface area contributed by atoms with E-state index < -0.39 is 5.97 Å². The molecule has 144 valence electrons. The highest BCUT2D eigenvalue weighted by atomic mass is 35.5. The van der Waals surface area contributed by atoms with Crippen LogP contribution in [0.25, 0.3) is 11.6 Å². The SMILES string of the molecule is COc1cc(/C=C(\C#N)c2ccc(Cl)cc2)ccc1OC(=O)c1cccc(Cl)c1. The van der Waals surface area contributed by atoms with Crippen molar-refractivity contribution in [2.75, 3.05) is 7.11 Å². The number of benzene rings is 3. The van der Waals surface area contributed by atoms with Gasteiger partial charge in [-0.15, -0.1) is 0 Å². The molecule has 0 atom stereocenters. The number of nitriles is 1. The van der Waals surface area contributed by atoms with Crippen LogP contribution < -0.4 is 9.47 Å². The molecule has 0 radical (unpaired) electrons. The lowest BCUT2D eigenvalue weighted by Gasteiger charge is -2.10. The maximum absolute atomic E-state index is 12.4. The van der Waals surface area contributed by atoms with E-state index in [1.165, 1.54) is 13.2 Å². The molecule has 6 heteroatoms. The molecule has 3 aromatic rings. The summed E-state index contributed by atoms with van der Waals surface area (Å²) in [5.41, 5.74) is 2.26. The zero-order valence-electron chi connectivity index (χ0n) is 15.4. The second-order valence-electron chi connectivity index (χ2n) is 5.99. The van der Waals surface area contributed by atoms with Crippen molar-refractivity contribution in [2.45, 2.75) is 0 Å². The van der Waals surface area contributed by atoms with E-state index in [0.717, 1.165) is 11.1 Å². The van der Waals surface area contributed by atoms with E-state index in [2.05, 4.69) is 6.07 Å². The first-order chi connectivity index (χ1) is 14.0. The average Bonchev–Trinajstić information content (AvgIpc) is 2.73. The van der Waals surface area contributed by atoms with Gasteiger partial charge in [-0.2, -0.15) is 5.26 Å². The van der Waals surface area contributed by atoms with Gasteiger partial charge in [0.15, 0.2) is 11.5 Å². The lowest BCUT2D eigenvalue weighted by molar-refractivity contribution is 0.0729. The third-order valence-corrected chi connectivity index (χ3v) is 4.52. The zero-order chi connectivity index (χ0) is 20.8. The fourth-order valence-electron chi connectivity index (χ4n) is 2.61. The summed E-state index contributed by atoms with van der Waals surface area (Å²) in [6.07, 6.45) is 1.72. The first kappa shape index (κ1) is 20.5. The van der Waals surface area contributed by atoms with E-state index in [9.17, 15) is 10.1 Å². The van der Waals surface area contributed by atoms with Crippen LogP contribution in [0.3, 0.4) is 0 Å². The van der Waals surface area contributed by atoms with E-state index >= 15 is 0 Å². The van der Waals surface area contributed by atoms with Crippen molar-refractivity contribution >= 4 is 40.8 Å². The number of hydrogen-bond donors (Lipinski definition) is 0. The molecule has 0 N–H and O–H groups in total. The first-order valence-electron chi connectivity index (χ1n) is 8.53. The molecule has 0 aliphatic carbocycles. The molecule has 4 nitrogen and oxygen atoms in total. The van der Waals surface area contributed by atoms with Crippen LogP contribution in [0, 0.1) is 11.3 Å². The number of esters is 1. The predicted octanol–water partition coefficient (Wildman–Crippen LogP) is 6.29. The molecule has 0 fully saturated rings. The van der Waals surface area contributed by atoms with Gasteiger partial charge >= 0.3 is 5.97 Å². The fourth-order valence-corrected chi connectivity index (χ4v) is 2.93. The maximum Gasteiger partial charge on any atom is 0.343 e. The monoisotopic (exact) mass is 423 g/mol. The van der Waals surface area contributed by atoms with Gasteiger partial charge in [0.05, 0.1) is 24.3 Å². The first-order valence-corrected chi connectivity index (χ1v) is 9.29. The standard InChI is InChI=1S/C23H15Cl2NO3/c1-28-22-12-15(11-18(14-26)16-6-8-19(24)9-7-16)5-10-21(22)29-23(27)17-3-2-4-20(25)13-17/h2-13H,1H3/b18-11+. The van der Waals surface area contributed by atoms with Gasteiger partial charge in [0, 0.05) is 10.0 Å². The molecule has 0 bridgehead atoms. The number of allylic oxidation sites excluding steroid dienone is 1. The van der Waals surface area contributed by atoms with Crippen LogP contribution in [-0.4, -0.2) is 13.1 Å². The molecule has 0 saturated heterocycles. The number of carbonyl (C=O) groups excluding carboxylic acids is 1. The molecular formula is C23H15Cl2NO3. The number of carbonyl (C=O) groups is 1. The Balaban J connectivity index is 1.87. The van der Waals surface area contributed by atoms with Crippen LogP contribution in [0.15, 0.2) is 66.7 Å². The minimum Gasteiger partial charge on any atom is -0.493 e. The van der Waals surface area contributed by atoms with Gasteiger partial charge in [-0.25, -0.2) is 4.79 Å². The van der Waals surface area contributed by atoms with E-state index in [0.29, 0.717) is 26.9 Å². The van der Waals surface area contributed by atoms with Gasteiger partial charge in [-0.3, -0.25) is 0 Å². The number of halogens is 2. The molecule has 0 spiro atoms. The van der Waals surface area contributed by atoms with E-state index in [1.54, 1.807) is 66.7 Å². The van der Waals surface area contributed by atoms with E-state index in [4.69, 9.17) is 32.7 Å². The van der Waals surface area contributed by atoms with Crippen LogP contribution in [0.4, 0.5) is 0 Å². The summed E-state index contributed by atoms with van der Waals surface area (Å²) in [4.78, 5) is 12.4. The van der Waals surface area contributed by atoms with Crippen LogP contribution >= 0.6 is 23.2 Å². The summed E-state index contributed by atoms with van der Waals surface area (Å²) in [5.74, 6) is 0.0788. The Labute approximate surface area is 178 Å². The zero-order valence-corrected chi connectivity index (χ0v) is 16.9. The Kier molecular flexibility index (Phi) is 6.56. The third-order valence-electron chi connectivity index (χ3n) is 4.04. The second-order valence-corrected chi connectivity index (χ2v) is 6.86. The summed E-state index contributed by atoms with van der Waals surface area (Å²) in [6, 6.07) is 20.7. The van der Waals surface area contributed by atoms with Gasteiger partial charge in [0.25, 0.3) is 0 Å². The van der Waals surface area contributed by atoms with Crippen LogP contribution in [0.1, 0.15) is 21.5 Å². The number of ether oxygens (including phenoxy) is 2. The molecule has 0 amide bonds. The normalized spacial score (nSPS) is 10.9. The number of hydrogen-bond acceptors (Lipinski definition) is 4. The highest BCUT2D eigenvalue weighted by Crippen LogP contribution is 2.31. The van der Waals surface area contributed by atoms with Crippen molar-refractivity contribution in [3.05, 3.63) is 93.5 Å². The minimum absolute atomic E-state index is 0.264. The Morgan fingerprint density at radius 3 is 2.34 bits per heavy atom. The molecule has 0 heterocycles. The Bertz CT molecular complexity index is 1120. The lowest BCUT2D eigenvalue weighted by atomic mass is 10.0. The van der Waals surface area contributed by atoms with Crippen molar-refractivity contribution in [1.29, 1.82) is 5.26 Å². The quantitative estimate of drug-likeness (QED) is 0.209. The molecule has 3 aromatic carbocycles. The smallest absolute Gasteiger partial charge is 0.343 e. The molecule has 0 aliphatic heterocycles. The highest BCUT2D eigenvalue weighted by Gasteiger charge is 2.13. The van der Waals surface area contributed by atoms with Crippen molar-refractivity contribution in [3.63, 3.8) is 0 Å². The summed E-state index contributed by atoms with van der Waals surface area (Å²) in [5, 5.41) is 10.5. The minimum atomic E-state index is -0.548. The lowest BCUT2D eigenvalue weighted by Crippen LogP contribution is -2.09. The average molecular weight is 424 g/mol. The Morgan fingerprint density at radius 1 is 0.931 bits per heavy atom. The van der Waals surface area contributed by atoms with Crippen LogP contribution in [-0.2, 0) is 0 Å². The van der Waals surface area contributed by atoms with Gasteiger partial charge in [-0.1, -0.05) is 47.5 Å². The van der Waals surface area contributed by atoms with Crippen molar-refractivity contribution in [3.8, 4) is 17.6 Å². The topological polar surface area (TPSA) is 59.3 Å². The van der Waals surface area contributed by atoms with Crippen molar-refractivity contribution in [2.24, 2.45) is 0 Å². The molecule has 29 heavy (non-hydrogen) atoms. The predicted molar refractivity (Wildman–Crippen MR) is 114 cm³/mol. The highest BCUT2D eigenvalue weighted by molar-refractivity contribution is 6.31. The number of rotatable bonds is 5. The molecule has 0 aromatic heterocycles. The van der Waals surface area contributed by atoms with Gasteiger partial charge < -0.3 is 9.47 Å². The summed E-state index contributed by atoms with van der Waals surface area (Å²) in [7, 11) is 1.48. The molecule has 0 unspecified atom stereocenters. The second kappa shape index (κ2) is 9.29. The summed E-state index contributed by atoms with van der Waals surface area (Å²) in [6.45, 7) is 0. The summed E-state index contributed by atoms with van der Waals surface area (Å²) >= 11 is 11.8. The van der Waals surface area contributed by atoms with E-state index in [-0.39, 0.29) is 5.75 Å². The number of nitrogens with zero attached hydrogens (tertiary/aromatic N) is 1.